The first-order valence-corrected chi connectivity index (χ1v) is 6.47. The van der Waals surface area contributed by atoms with Gasteiger partial charge in [-0.15, -0.1) is 0 Å². The molecule has 0 spiro atoms. The Morgan fingerprint density at radius 1 is 1.37 bits per heavy atom. The molecule has 1 aliphatic heterocycles. The fraction of sp³-hybridized carbons (Fsp3) is 0.429. The molecule has 100 valence electrons. The van der Waals surface area contributed by atoms with Crippen LogP contribution in [0.25, 0.3) is 0 Å². The first kappa shape index (κ1) is 13.5. The standard InChI is InChI=1S/C14H18N4O/c15-10-11-4-1-2-5-12(11)13(14(16)19)18-8-3-6-17-7-9-18/h1-2,4-5,13,17H,3,6-9H2,(H2,16,19). The van der Waals surface area contributed by atoms with Gasteiger partial charge in [0.15, 0.2) is 0 Å². The Balaban J connectivity index is 2.34. The first-order chi connectivity index (χ1) is 9.24. The molecule has 1 atom stereocenters. The van der Waals surface area contributed by atoms with Gasteiger partial charge in [0.25, 0.3) is 0 Å². The summed E-state index contributed by atoms with van der Waals surface area (Å²) in [5, 5.41) is 12.5. The number of primary amides is 1. The average molecular weight is 258 g/mol. The summed E-state index contributed by atoms with van der Waals surface area (Å²) >= 11 is 0. The number of benzene rings is 1. The molecular weight excluding hydrogens is 240 g/mol. The lowest BCUT2D eigenvalue weighted by atomic mass is 9.99. The number of amides is 1. The van der Waals surface area contributed by atoms with Crippen LogP contribution in [0.5, 0.6) is 0 Å². The summed E-state index contributed by atoms with van der Waals surface area (Å²) in [7, 11) is 0. The van der Waals surface area contributed by atoms with Crippen molar-refractivity contribution in [1.29, 1.82) is 5.26 Å². The molecule has 0 radical (unpaired) electrons. The lowest BCUT2D eigenvalue weighted by Gasteiger charge is -2.28. The van der Waals surface area contributed by atoms with Crippen LogP contribution < -0.4 is 11.1 Å². The lowest BCUT2D eigenvalue weighted by Crippen LogP contribution is -2.40. The van der Waals surface area contributed by atoms with Crippen molar-refractivity contribution in [3.8, 4) is 6.07 Å². The molecular formula is C14H18N4O. The molecule has 0 aliphatic carbocycles. The average Bonchev–Trinajstić information content (AvgIpc) is 2.68. The minimum Gasteiger partial charge on any atom is -0.368 e. The third kappa shape index (κ3) is 3.11. The Morgan fingerprint density at radius 2 is 2.16 bits per heavy atom. The summed E-state index contributed by atoms with van der Waals surface area (Å²) in [5.74, 6) is -0.399. The summed E-state index contributed by atoms with van der Waals surface area (Å²) in [6.07, 6.45) is 0.971. The molecule has 1 heterocycles. The molecule has 0 saturated carbocycles. The zero-order chi connectivity index (χ0) is 13.7. The van der Waals surface area contributed by atoms with Crippen LogP contribution >= 0.6 is 0 Å². The monoisotopic (exact) mass is 258 g/mol. The summed E-state index contributed by atoms with van der Waals surface area (Å²) in [5.41, 5.74) is 6.79. The summed E-state index contributed by atoms with van der Waals surface area (Å²) in [6, 6.07) is 8.78. The Kier molecular flexibility index (Phi) is 4.50. The third-order valence-corrected chi connectivity index (χ3v) is 3.39. The van der Waals surface area contributed by atoms with Crippen LogP contribution in [0.15, 0.2) is 24.3 Å². The maximum atomic E-state index is 11.8. The molecule has 1 amide bonds. The van der Waals surface area contributed by atoms with E-state index >= 15 is 0 Å². The van der Waals surface area contributed by atoms with Gasteiger partial charge in [0.2, 0.25) is 5.91 Å². The number of hydrogen-bond donors (Lipinski definition) is 2. The second kappa shape index (κ2) is 6.32. The lowest BCUT2D eigenvalue weighted by molar-refractivity contribution is -0.123. The number of rotatable bonds is 3. The highest BCUT2D eigenvalue weighted by Crippen LogP contribution is 2.24. The highest BCUT2D eigenvalue weighted by atomic mass is 16.1. The van der Waals surface area contributed by atoms with Gasteiger partial charge in [0.1, 0.15) is 6.04 Å². The van der Waals surface area contributed by atoms with E-state index in [9.17, 15) is 10.1 Å². The van der Waals surface area contributed by atoms with Gasteiger partial charge >= 0.3 is 0 Å². The van der Waals surface area contributed by atoms with Gasteiger partial charge in [-0.25, -0.2) is 0 Å². The number of carbonyl (C=O) groups excluding carboxylic acids is 1. The number of nitrogens with two attached hydrogens (primary N) is 1. The van der Waals surface area contributed by atoms with Crippen LogP contribution in [0.3, 0.4) is 0 Å². The zero-order valence-electron chi connectivity index (χ0n) is 10.8. The van der Waals surface area contributed by atoms with E-state index in [1.807, 2.05) is 12.1 Å². The quantitative estimate of drug-likeness (QED) is 0.821. The molecule has 1 fully saturated rings. The van der Waals surface area contributed by atoms with Crippen LogP contribution in [-0.4, -0.2) is 37.0 Å². The molecule has 3 N–H and O–H groups in total. The number of carbonyl (C=O) groups is 1. The minimum atomic E-state index is -0.518. The SMILES string of the molecule is N#Cc1ccccc1C(C(N)=O)N1CCCNCC1. The zero-order valence-corrected chi connectivity index (χ0v) is 10.8. The summed E-state index contributed by atoms with van der Waals surface area (Å²) in [6.45, 7) is 3.34. The summed E-state index contributed by atoms with van der Waals surface area (Å²) < 4.78 is 0. The van der Waals surface area contributed by atoms with E-state index in [1.165, 1.54) is 0 Å². The molecule has 5 nitrogen and oxygen atoms in total. The van der Waals surface area contributed by atoms with Gasteiger partial charge in [-0.3, -0.25) is 9.69 Å². The van der Waals surface area contributed by atoms with Crippen molar-refractivity contribution in [1.82, 2.24) is 10.2 Å². The second-order valence-electron chi connectivity index (χ2n) is 4.64. The van der Waals surface area contributed by atoms with Crippen molar-refractivity contribution in [2.24, 2.45) is 5.73 Å². The minimum absolute atomic E-state index is 0.399. The molecule has 5 heteroatoms. The fourth-order valence-electron chi connectivity index (χ4n) is 2.49. The fourth-order valence-corrected chi connectivity index (χ4v) is 2.49. The van der Waals surface area contributed by atoms with E-state index in [-0.39, 0.29) is 0 Å². The van der Waals surface area contributed by atoms with E-state index < -0.39 is 11.9 Å². The van der Waals surface area contributed by atoms with Gasteiger partial charge in [0.05, 0.1) is 11.6 Å². The third-order valence-electron chi connectivity index (χ3n) is 3.39. The normalized spacial score (nSPS) is 18.3. The van der Waals surface area contributed by atoms with Gasteiger partial charge in [-0.1, -0.05) is 18.2 Å². The van der Waals surface area contributed by atoms with Crippen molar-refractivity contribution in [3.63, 3.8) is 0 Å². The number of nitrogens with zero attached hydrogens (tertiary/aromatic N) is 2. The van der Waals surface area contributed by atoms with E-state index in [0.29, 0.717) is 11.1 Å². The Bertz CT molecular complexity index is 486. The second-order valence-corrected chi connectivity index (χ2v) is 4.64. The highest BCUT2D eigenvalue weighted by Gasteiger charge is 2.27. The molecule has 1 aliphatic rings. The molecule has 0 bridgehead atoms. The number of hydrogen-bond acceptors (Lipinski definition) is 4. The van der Waals surface area contributed by atoms with Gasteiger partial charge < -0.3 is 11.1 Å². The first-order valence-electron chi connectivity index (χ1n) is 6.47. The van der Waals surface area contributed by atoms with Crippen molar-refractivity contribution in [2.45, 2.75) is 12.5 Å². The van der Waals surface area contributed by atoms with Crippen LogP contribution in [0.2, 0.25) is 0 Å². The number of nitrogens with one attached hydrogen (secondary N) is 1. The van der Waals surface area contributed by atoms with Crippen molar-refractivity contribution in [3.05, 3.63) is 35.4 Å². The van der Waals surface area contributed by atoms with E-state index in [4.69, 9.17) is 5.73 Å². The molecule has 1 saturated heterocycles. The molecule has 2 rings (SSSR count). The number of nitriles is 1. The summed E-state index contributed by atoms with van der Waals surface area (Å²) in [4.78, 5) is 13.9. The van der Waals surface area contributed by atoms with Gasteiger partial charge in [0, 0.05) is 19.6 Å². The van der Waals surface area contributed by atoms with Gasteiger partial charge in [-0.05, 0) is 24.6 Å². The van der Waals surface area contributed by atoms with E-state index in [2.05, 4.69) is 16.3 Å². The molecule has 1 unspecified atom stereocenters. The maximum Gasteiger partial charge on any atom is 0.239 e. The van der Waals surface area contributed by atoms with E-state index in [1.54, 1.807) is 12.1 Å². The van der Waals surface area contributed by atoms with Crippen molar-refractivity contribution < 1.29 is 4.79 Å². The predicted molar refractivity (Wildman–Crippen MR) is 72.2 cm³/mol. The Morgan fingerprint density at radius 3 is 2.89 bits per heavy atom. The topological polar surface area (TPSA) is 82.1 Å². The Labute approximate surface area is 113 Å². The van der Waals surface area contributed by atoms with Crippen molar-refractivity contribution >= 4 is 5.91 Å². The predicted octanol–water partition coefficient (Wildman–Crippen LogP) is 0.380. The smallest absolute Gasteiger partial charge is 0.239 e. The van der Waals surface area contributed by atoms with Crippen LogP contribution in [0.4, 0.5) is 0 Å². The Hall–Kier alpha value is -1.90. The molecule has 19 heavy (non-hydrogen) atoms. The van der Waals surface area contributed by atoms with Crippen molar-refractivity contribution in [2.75, 3.05) is 26.2 Å². The molecule has 0 aromatic heterocycles. The van der Waals surface area contributed by atoms with Gasteiger partial charge in [-0.2, -0.15) is 5.26 Å². The van der Waals surface area contributed by atoms with Crippen LogP contribution in [0, 0.1) is 11.3 Å². The molecule has 1 aromatic rings. The maximum absolute atomic E-state index is 11.8. The highest BCUT2D eigenvalue weighted by molar-refractivity contribution is 5.82. The molecule has 1 aromatic carbocycles. The largest absolute Gasteiger partial charge is 0.368 e. The van der Waals surface area contributed by atoms with Crippen LogP contribution in [0.1, 0.15) is 23.6 Å². The van der Waals surface area contributed by atoms with E-state index in [0.717, 1.165) is 32.6 Å². The van der Waals surface area contributed by atoms with Crippen LogP contribution in [-0.2, 0) is 4.79 Å².